The first-order valence-corrected chi connectivity index (χ1v) is 7.64. The van der Waals surface area contributed by atoms with E-state index >= 15 is 0 Å². The van der Waals surface area contributed by atoms with E-state index in [1.165, 1.54) is 25.7 Å². The lowest BCUT2D eigenvalue weighted by atomic mass is 9.83. The fourth-order valence-corrected chi connectivity index (χ4v) is 3.81. The van der Waals surface area contributed by atoms with Crippen LogP contribution in [-0.2, 0) is 0 Å². The molecule has 2 saturated carbocycles. The van der Waals surface area contributed by atoms with Gasteiger partial charge in [0.1, 0.15) is 0 Å². The molecule has 1 heterocycles. The molecule has 2 unspecified atom stereocenters. The molecule has 2 atom stereocenters. The highest BCUT2D eigenvalue weighted by molar-refractivity contribution is 5.11. The Balaban J connectivity index is 1.72. The van der Waals surface area contributed by atoms with Crippen LogP contribution in [0.25, 0.3) is 0 Å². The van der Waals surface area contributed by atoms with E-state index in [1.807, 2.05) is 0 Å². The van der Waals surface area contributed by atoms with Crippen molar-refractivity contribution in [3.05, 3.63) is 0 Å². The van der Waals surface area contributed by atoms with E-state index in [9.17, 15) is 4.39 Å². The first-order chi connectivity index (χ1) is 8.58. The average Bonchev–Trinajstić information content (AvgIpc) is 3.20. The van der Waals surface area contributed by atoms with Crippen LogP contribution in [0.1, 0.15) is 46.0 Å². The Morgan fingerprint density at radius 2 is 1.83 bits per heavy atom. The zero-order valence-electron chi connectivity index (χ0n) is 11.8. The maximum absolute atomic E-state index is 12.5. The Kier molecular flexibility index (Phi) is 3.18. The molecule has 104 valence electrons. The van der Waals surface area contributed by atoms with E-state index < -0.39 is 0 Å². The number of hydrogen-bond donors (Lipinski definition) is 1. The largest absolute Gasteiger partial charge is 0.308 e. The zero-order valence-corrected chi connectivity index (χ0v) is 11.8. The molecule has 2 nitrogen and oxygen atoms in total. The standard InChI is InChI=1S/C15H27FN2/c1-14(12-4-5-12)11-18(9-3-8-16)15(2,10-17-14)13-6-7-13/h12-13,17H,3-11H2,1-2H3. The first kappa shape index (κ1) is 12.9. The van der Waals surface area contributed by atoms with Crippen LogP contribution >= 0.6 is 0 Å². The summed E-state index contributed by atoms with van der Waals surface area (Å²) in [6, 6.07) is 0. The van der Waals surface area contributed by atoms with Crippen molar-refractivity contribution in [2.24, 2.45) is 11.8 Å². The van der Waals surface area contributed by atoms with E-state index in [0.717, 1.165) is 31.5 Å². The molecule has 0 amide bonds. The van der Waals surface area contributed by atoms with Gasteiger partial charge in [-0.05, 0) is 57.8 Å². The van der Waals surface area contributed by atoms with Crippen molar-refractivity contribution in [3.8, 4) is 0 Å². The predicted octanol–water partition coefficient (Wildman–Crippen LogP) is 2.59. The van der Waals surface area contributed by atoms with E-state index in [0.29, 0.717) is 6.42 Å². The molecule has 0 spiro atoms. The molecule has 1 N–H and O–H groups in total. The van der Waals surface area contributed by atoms with Gasteiger partial charge < -0.3 is 5.32 Å². The SMILES string of the molecule is CC1(C2CC2)CN(CCCF)C(C)(C2CC2)CN1. The summed E-state index contributed by atoms with van der Waals surface area (Å²) >= 11 is 0. The third-order valence-electron chi connectivity index (χ3n) is 5.59. The fraction of sp³-hybridized carbons (Fsp3) is 1.00. The Morgan fingerprint density at radius 3 is 2.39 bits per heavy atom. The second-order valence-corrected chi connectivity index (χ2v) is 7.14. The summed E-state index contributed by atoms with van der Waals surface area (Å²) in [5.74, 6) is 1.70. The van der Waals surface area contributed by atoms with Gasteiger partial charge in [0.05, 0.1) is 6.67 Å². The molecule has 18 heavy (non-hydrogen) atoms. The summed E-state index contributed by atoms with van der Waals surface area (Å²) in [7, 11) is 0. The lowest BCUT2D eigenvalue weighted by Crippen LogP contribution is -2.69. The molecule has 0 aromatic rings. The van der Waals surface area contributed by atoms with E-state index in [2.05, 4.69) is 24.1 Å². The third-order valence-corrected chi connectivity index (χ3v) is 5.59. The van der Waals surface area contributed by atoms with Gasteiger partial charge in [-0.3, -0.25) is 9.29 Å². The highest BCUT2D eigenvalue weighted by atomic mass is 19.1. The van der Waals surface area contributed by atoms with Crippen molar-refractivity contribution in [1.29, 1.82) is 0 Å². The molecule has 1 aliphatic heterocycles. The number of piperazine rings is 1. The van der Waals surface area contributed by atoms with Crippen LogP contribution in [0.4, 0.5) is 4.39 Å². The maximum atomic E-state index is 12.5. The van der Waals surface area contributed by atoms with Crippen LogP contribution in [-0.4, -0.2) is 42.3 Å². The third kappa shape index (κ3) is 2.20. The second-order valence-electron chi connectivity index (χ2n) is 7.14. The van der Waals surface area contributed by atoms with Crippen molar-refractivity contribution in [3.63, 3.8) is 0 Å². The average molecular weight is 254 g/mol. The van der Waals surface area contributed by atoms with Gasteiger partial charge >= 0.3 is 0 Å². The lowest BCUT2D eigenvalue weighted by molar-refractivity contribution is -0.00238. The number of nitrogens with one attached hydrogen (secondary N) is 1. The summed E-state index contributed by atoms with van der Waals surface area (Å²) in [5.41, 5.74) is 0.564. The predicted molar refractivity (Wildman–Crippen MR) is 72.4 cm³/mol. The van der Waals surface area contributed by atoms with E-state index in [4.69, 9.17) is 0 Å². The minimum absolute atomic E-state index is 0.176. The van der Waals surface area contributed by atoms with Crippen molar-refractivity contribution < 1.29 is 4.39 Å². The Labute approximate surface area is 110 Å². The lowest BCUT2D eigenvalue weighted by Gasteiger charge is -2.53. The summed E-state index contributed by atoms with van der Waals surface area (Å²) in [6.07, 6.45) is 6.18. The zero-order chi connectivity index (χ0) is 12.8. The van der Waals surface area contributed by atoms with Crippen LogP contribution in [0, 0.1) is 11.8 Å². The van der Waals surface area contributed by atoms with Crippen molar-refractivity contribution >= 4 is 0 Å². The molecule has 2 aliphatic carbocycles. The van der Waals surface area contributed by atoms with Gasteiger partial charge in [-0.15, -0.1) is 0 Å². The Bertz CT molecular complexity index is 314. The summed E-state index contributed by atoms with van der Waals surface area (Å²) in [6.45, 7) is 7.74. The number of hydrogen-bond acceptors (Lipinski definition) is 2. The Hall–Kier alpha value is -0.150. The summed E-state index contributed by atoms with van der Waals surface area (Å²) in [5, 5.41) is 3.84. The molecule has 3 fully saturated rings. The van der Waals surface area contributed by atoms with Crippen LogP contribution in [0.5, 0.6) is 0 Å². The maximum Gasteiger partial charge on any atom is 0.0906 e. The molecule has 0 aromatic carbocycles. The monoisotopic (exact) mass is 254 g/mol. The van der Waals surface area contributed by atoms with Crippen molar-refractivity contribution in [2.75, 3.05) is 26.3 Å². The molecule has 0 aromatic heterocycles. The van der Waals surface area contributed by atoms with Crippen LogP contribution in [0.3, 0.4) is 0 Å². The molecule has 3 aliphatic rings. The molecular formula is C15H27FN2. The van der Waals surface area contributed by atoms with Gasteiger partial charge in [-0.25, -0.2) is 0 Å². The smallest absolute Gasteiger partial charge is 0.0906 e. The molecular weight excluding hydrogens is 227 g/mol. The van der Waals surface area contributed by atoms with Gasteiger partial charge in [-0.1, -0.05) is 0 Å². The first-order valence-electron chi connectivity index (χ1n) is 7.64. The number of halogens is 1. The minimum Gasteiger partial charge on any atom is -0.308 e. The van der Waals surface area contributed by atoms with Gasteiger partial charge in [0.25, 0.3) is 0 Å². The van der Waals surface area contributed by atoms with Crippen LogP contribution in [0.15, 0.2) is 0 Å². The summed E-state index contributed by atoms with van der Waals surface area (Å²) < 4.78 is 12.5. The number of nitrogens with zero attached hydrogens (tertiary/aromatic N) is 1. The number of rotatable bonds is 5. The highest BCUT2D eigenvalue weighted by Crippen LogP contribution is 2.48. The van der Waals surface area contributed by atoms with Gasteiger partial charge in [0.15, 0.2) is 0 Å². The van der Waals surface area contributed by atoms with E-state index in [1.54, 1.807) is 0 Å². The van der Waals surface area contributed by atoms with Gasteiger partial charge in [0.2, 0.25) is 0 Å². The van der Waals surface area contributed by atoms with Gasteiger partial charge in [-0.2, -0.15) is 0 Å². The molecule has 3 heteroatoms. The van der Waals surface area contributed by atoms with Gasteiger partial charge in [0, 0.05) is 30.7 Å². The molecule has 3 rings (SSSR count). The normalized spacial score (nSPS) is 42.2. The fourth-order valence-electron chi connectivity index (χ4n) is 3.81. The highest BCUT2D eigenvalue weighted by Gasteiger charge is 2.53. The minimum atomic E-state index is -0.176. The van der Waals surface area contributed by atoms with E-state index in [-0.39, 0.29) is 17.8 Å². The number of alkyl halides is 1. The van der Waals surface area contributed by atoms with Crippen LogP contribution in [0.2, 0.25) is 0 Å². The molecule has 0 bridgehead atoms. The van der Waals surface area contributed by atoms with Crippen LogP contribution < -0.4 is 5.32 Å². The van der Waals surface area contributed by atoms with Crippen molar-refractivity contribution in [1.82, 2.24) is 10.2 Å². The Morgan fingerprint density at radius 1 is 1.17 bits per heavy atom. The van der Waals surface area contributed by atoms with Crippen molar-refractivity contribution in [2.45, 2.75) is 57.0 Å². The molecule has 0 radical (unpaired) electrons. The second kappa shape index (κ2) is 4.45. The quantitative estimate of drug-likeness (QED) is 0.811. The molecule has 1 saturated heterocycles. The topological polar surface area (TPSA) is 15.3 Å². The summed E-state index contributed by atoms with van der Waals surface area (Å²) in [4.78, 5) is 2.61.